The average Bonchev–Trinajstić information content (AvgIpc) is 3.21. The van der Waals surface area contributed by atoms with Gasteiger partial charge in [0.2, 0.25) is 0 Å². The first-order valence-corrected chi connectivity index (χ1v) is 6.84. The van der Waals surface area contributed by atoms with Gasteiger partial charge in [0, 0.05) is 24.7 Å². The second kappa shape index (κ2) is 5.66. The molecule has 0 bridgehead atoms. The van der Waals surface area contributed by atoms with Crippen LogP contribution in [0.25, 0.3) is 0 Å². The molecule has 6 nitrogen and oxygen atoms in total. The highest BCUT2D eigenvalue weighted by Crippen LogP contribution is 2.33. The van der Waals surface area contributed by atoms with Crippen LogP contribution in [-0.2, 0) is 0 Å². The molecule has 20 heavy (non-hydrogen) atoms. The first-order valence-electron chi connectivity index (χ1n) is 6.46. The molecule has 0 aromatic heterocycles. The molecule has 1 aromatic rings. The fraction of sp³-hybridized carbons (Fsp3) is 0.462. The van der Waals surface area contributed by atoms with Crippen LogP contribution in [0.1, 0.15) is 30.1 Å². The molecule has 2 N–H and O–H groups in total. The molecule has 1 aliphatic rings. The number of nitrogens with zero attached hydrogens (tertiary/aromatic N) is 2. The lowest BCUT2D eigenvalue weighted by atomic mass is 10.1. The van der Waals surface area contributed by atoms with E-state index in [4.69, 9.17) is 17.3 Å². The second-order valence-corrected chi connectivity index (χ2v) is 5.34. The minimum atomic E-state index is -0.630. The van der Waals surface area contributed by atoms with E-state index in [0.717, 1.165) is 12.8 Å². The summed E-state index contributed by atoms with van der Waals surface area (Å²) in [6.45, 7) is 3.13. The Morgan fingerprint density at radius 1 is 1.55 bits per heavy atom. The van der Waals surface area contributed by atoms with E-state index in [2.05, 4.69) is 0 Å². The summed E-state index contributed by atoms with van der Waals surface area (Å²) in [6, 6.07) is 2.58. The van der Waals surface area contributed by atoms with Crippen LogP contribution in [0.15, 0.2) is 12.1 Å². The van der Waals surface area contributed by atoms with Gasteiger partial charge in [0.1, 0.15) is 5.69 Å². The van der Waals surface area contributed by atoms with E-state index in [9.17, 15) is 14.9 Å². The van der Waals surface area contributed by atoms with Crippen molar-refractivity contribution in [1.29, 1.82) is 0 Å². The maximum absolute atomic E-state index is 12.4. The molecular weight excluding hydrogens is 282 g/mol. The van der Waals surface area contributed by atoms with Gasteiger partial charge in [-0.3, -0.25) is 14.9 Å². The molecule has 0 spiro atoms. The summed E-state index contributed by atoms with van der Waals surface area (Å²) in [4.78, 5) is 24.4. The van der Waals surface area contributed by atoms with E-state index in [1.807, 2.05) is 6.92 Å². The molecule has 0 atom stereocenters. The van der Waals surface area contributed by atoms with Crippen molar-refractivity contribution in [1.82, 2.24) is 4.90 Å². The molecule has 1 fully saturated rings. The lowest BCUT2D eigenvalue weighted by molar-refractivity contribution is -0.383. The monoisotopic (exact) mass is 297 g/mol. The largest absolute Gasteiger partial charge is 0.392 e. The fourth-order valence-corrected chi connectivity index (χ4v) is 2.24. The number of carbonyl (C=O) groups is 1. The molecule has 0 radical (unpaired) electrons. The lowest BCUT2D eigenvalue weighted by Crippen LogP contribution is -2.32. The van der Waals surface area contributed by atoms with Crippen LogP contribution >= 0.6 is 11.6 Å². The van der Waals surface area contributed by atoms with Gasteiger partial charge >= 0.3 is 0 Å². The molecule has 7 heteroatoms. The Balaban J connectivity index is 2.30. The van der Waals surface area contributed by atoms with Crippen LogP contribution in [0.4, 0.5) is 11.4 Å². The Bertz CT molecular complexity index is 558. The predicted molar refractivity (Wildman–Crippen MR) is 76.8 cm³/mol. The van der Waals surface area contributed by atoms with Crippen LogP contribution in [0.2, 0.25) is 5.02 Å². The summed E-state index contributed by atoms with van der Waals surface area (Å²) in [7, 11) is 0. The molecule has 0 saturated heterocycles. The van der Waals surface area contributed by atoms with Crippen molar-refractivity contribution in [3.63, 3.8) is 0 Å². The quantitative estimate of drug-likeness (QED) is 0.514. The van der Waals surface area contributed by atoms with Gasteiger partial charge in [-0.1, -0.05) is 11.6 Å². The minimum absolute atomic E-state index is 0.0324. The first kappa shape index (κ1) is 14.6. The van der Waals surface area contributed by atoms with Gasteiger partial charge < -0.3 is 10.6 Å². The normalized spacial score (nSPS) is 14.1. The number of nitrogen functional groups attached to an aromatic ring is 1. The topological polar surface area (TPSA) is 89.5 Å². The van der Waals surface area contributed by atoms with Gasteiger partial charge in [-0.05, 0) is 31.7 Å². The number of hydrogen-bond donors (Lipinski definition) is 1. The van der Waals surface area contributed by atoms with Crippen molar-refractivity contribution in [3.05, 3.63) is 32.8 Å². The number of nitro benzene ring substituents is 1. The molecule has 0 unspecified atom stereocenters. The third kappa shape index (κ3) is 3.01. The van der Waals surface area contributed by atoms with E-state index in [1.165, 1.54) is 12.1 Å². The van der Waals surface area contributed by atoms with Crippen molar-refractivity contribution >= 4 is 28.9 Å². The van der Waals surface area contributed by atoms with Gasteiger partial charge in [0.15, 0.2) is 0 Å². The zero-order valence-electron chi connectivity index (χ0n) is 11.1. The fourth-order valence-electron chi connectivity index (χ4n) is 2.03. The number of anilines is 1. The van der Waals surface area contributed by atoms with Crippen molar-refractivity contribution in [2.75, 3.05) is 18.8 Å². The Morgan fingerprint density at radius 2 is 2.20 bits per heavy atom. The molecule has 1 saturated carbocycles. The summed E-state index contributed by atoms with van der Waals surface area (Å²) < 4.78 is 0. The lowest BCUT2D eigenvalue weighted by Gasteiger charge is -2.21. The third-order valence-electron chi connectivity index (χ3n) is 3.40. The highest BCUT2D eigenvalue weighted by Gasteiger charge is 2.28. The number of carbonyl (C=O) groups excluding carboxylic acids is 1. The smallest absolute Gasteiger partial charge is 0.294 e. The highest BCUT2D eigenvalue weighted by atomic mass is 35.5. The van der Waals surface area contributed by atoms with Gasteiger partial charge in [-0.15, -0.1) is 0 Å². The number of benzene rings is 1. The van der Waals surface area contributed by atoms with Crippen LogP contribution in [0, 0.1) is 16.0 Å². The summed E-state index contributed by atoms with van der Waals surface area (Å²) in [5.41, 5.74) is 5.32. The Kier molecular flexibility index (Phi) is 4.13. The SMILES string of the molecule is CCN(CC1CC1)C(=O)c1cc(Cl)c(N)c([N+](=O)[O-])c1. The molecule has 0 aliphatic heterocycles. The minimum Gasteiger partial charge on any atom is -0.392 e. The average molecular weight is 298 g/mol. The van der Waals surface area contributed by atoms with E-state index >= 15 is 0 Å². The van der Waals surface area contributed by atoms with Crippen molar-refractivity contribution in [3.8, 4) is 0 Å². The standard InChI is InChI=1S/C13H16ClN3O3/c1-2-16(7-8-3-4-8)13(18)9-5-10(14)12(15)11(6-9)17(19)20/h5-6,8H,2-4,7,15H2,1H3. The number of halogens is 1. The highest BCUT2D eigenvalue weighted by molar-refractivity contribution is 6.34. The van der Waals surface area contributed by atoms with Gasteiger partial charge in [-0.2, -0.15) is 0 Å². The molecular formula is C13H16ClN3O3. The number of hydrogen-bond acceptors (Lipinski definition) is 4. The summed E-state index contributed by atoms with van der Waals surface area (Å²) >= 11 is 5.87. The summed E-state index contributed by atoms with van der Waals surface area (Å²) in [6.07, 6.45) is 2.26. The predicted octanol–water partition coefficient (Wildman–Crippen LogP) is 2.70. The van der Waals surface area contributed by atoms with Crippen LogP contribution in [0.3, 0.4) is 0 Å². The van der Waals surface area contributed by atoms with Gasteiger partial charge in [-0.25, -0.2) is 0 Å². The summed E-state index contributed by atoms with van der Waals surface area (Å²) in [5, 5.41) is 11.0. The number of nitrogens with two attached hydrogens (primary N) is 1. The van der Waals surface area contributed by atoms with Crippen LogP contribution in [-0.4, -0.2) is 28.8 Å². The van der Waals surface area contributed by atoms with Crippen molar-refractivity contribution in [2.45, 2.75) is 19.8 Å². The van der Waals surface area contributed by atoms with Crippen molar-refractivity contribution < 1.29 is 9.72 Å². The molecule has 0 heterocycles. The number of nitro groups is 1. The van der Waals surface area contributed by atoms with E-state index in [0.29, 0.717) is 19.0 Å². The van der Waals surface area contributed by atoms with E-state index in [1.54, 1.807) is 4.90 Å². The zero-order chi connectivity index (χ0) is 14.9. The van der Waals surface area contributed by atoms with Gasteiger partial charge in [0.05, 0.1) is 9.95 Å². The third-order valence-corrected chi connectivity index (χ3v) is 3.71. The van der Waals surface area contributed by atoms with E-state index in [-0.39, 0.29) is 27.9 Å². The van der Waals surface area contributed by atoms with Crippen molar-refractivity contribution in [2.24, 2.45) is 5.92 Å². The maximum atomic E-state index is 12.4. The molecule has 108 valence electrons. The first-order chi connectivity index (χ1) is 9.43. The zero-order valence-corrected chi connectivity index (χ0v) is 11.9. The van der Waals surface area contributed by atoms with Crippen LogP contribution < -0.4 is 5.73 Å². The number of rotatable bonds is 5. The molecule has 1 aromatic carbocycles. The Morgan fingerprint density at radius 3 is 2.70 bits per heavy atom. The Hall–Kier alpha value is -1.82. The molecule has 1 aliphatic carbocycles. The number of amides is 1. The molecule has 1 amide bonds. The summed E-state index contributed by atoms with van der Waals surface area (Å²) in [5.74, 6) is 0.308. The Labute approximate surface area is 121 Å². The van der Waals surface area contributed by atoms with Gasteiger partial charge in [0.25, 0.3) is 11.6 Å². The van der Waals surface area contributed by atoms with E-state index < -0.39 is 4.92 Å². The molecule has 2 rings (SSSR count). The van der Waals surface area contributed by atoms with Crippen LogP contribution in [0.5, 0.6) is 0 Å². The maximum Gasteiger partial charge on any atom is 0.294 e. The second-order valence-electron chi connectivity index (χ2n) is 4.94.